The Morgan fingerprint density at radius 3 is 1.91 bits per heavy atom. The summed E-state index contributed by atoms with van der Waals surface area (Å²) in [6, 6.07) is 6.84. The van der Waals surface area contributed by atoms with Gasteiger partial charge in [0.05, 0.1) is 32.7 Å². The molecule has 0 atom stereocenters. The number of ether oxygens (including phenoxy) is 4. The minimum atomic E-state index is -4.47. The maximum atomic E-state index is 12.5. The average molecular weight is 654 g/mol. The first-order chi connectivity index (χ1) is 20.9. The summed E-state index contributed by atoms with van der Waals surface area (Å²) in [5, 5.41) is 3.10. The van der Waals surface area contributed by atoms with Crippen molar-refractivity contribution >= 4 is 18.0 Å². The van der Waals surface area contributed by atoms with Gasteiger partial charge in [0.15, 0.2) is 5.79 Å². The zero-order valence-electron chi connectivity index (χ0n) is 26.3. The van der Waals surface area contributed by atoms with Crippen molar-refractivity contribution in [3.8, 4) is 5.75 Å². The van der Waals surface area contributed by atoms with Crippen LogP contribution in [-0.4, -0.2) is 62.0 Å². The molecule has 2 rings (SSSR count). The highest BCUT2D eigenvalue weighted by molar-refractivity contribution is 5.87. The summed E-state index contributed by atoms with van der Waals surface area (Å²) in [6.07, 6.45) is -4.88. The Labute approximate surface area is 261 Å². The summed E-state index contributed by atoms with van der Waals surface area (Å²) in [6.45, 7) is 5.75. The van der Waals surface area contributed by atoms with E-state index in [9.17, 15) is 35.9 Å². The van der Waals surface area contributed by atoms with Crippen LogP contribution in [0.3, 0.4) is 0 Å². The van der Waals surface area contributed by atoms with E-state index < -0.39 is 55.6 Å². The predicted molar refractivity (Wildman–Crippen MR) is 156 cm³/mol. The molecular formula is C32H45F6NO6. The van der Waals surface area contributed by atoms with Crippen LogP contribution < -0.4 is 10.1 Å². The second kappa shape index (κ2) is 17.2. The van der Waals surface area contributed by atoms with Crippen LogP contribution in [0.4, 0.5) is 26.3 Å². The zero-order chi connectivity index (χ0) is 33.7. The smallest absolute Gasteiger partial charge is 0.391 e. The monoisotopic (exact) mass is 653 g/mol. The Kier molecular flexibility index (Phi) is 14.7. The van der Waals surface area contributed by atoms with Gasteiger partial charge >= 0.3 is 18.3 Å². The molecule has 7 nitrogen and oxygen atoms in total. The Morgan fingerprint density at radius 1 is 0.844 bits per heavy atom. The van der Waals surface area contributed by atoms with Gasteiger partial charge < -0.3 is 24.3 Å². The lowest BCUT2D eigenvalue weighted by Crippen LogP contribution is -2.45. The van der Waals surface area contributed by atoms with Gasteiger partial charge in [-0.15, -0.1) is 0 Å². The lowest BCUT2D eigenvalue weighted by atomic mass is 9.87. The topological polar surface area (TPSA) is 83.1 Å². The number of carbonyl (C=O) groups excluding carboxylic acids is 2. The van der Waals surface area contributed by atoms with Crippen LogP contribution in [0.15, 0.2) is 30.3 Å². The van der Waals surface area contributed by atoms with E-state index in [1.165, 1.54) is 13.0 Å². The molecule has 1 amide bonds. The van der Waals surface area contributed by atoms with Gasteiger partial charge in [0.2, 0.25) is 5.91 Å². The molecule has 256 valence electrons. The number of carbonyl (C=O) groups is 2. The highest BCUT2D eigenvalue weighted by Gasteiger charge is 2.34. The van der Waals surface area contributed by atoms with E-state index in [0.29, 0.717) is 24.2 Å². The van der Waals surface area contributed by atoms with E-state index in [0.717, 1.165) is 19.3 Å². The van der Waals surface area contributed by atoms with E-state index in [2.05, 4.69) is 5.32 Å². The Hall–Kier alpha value is -2.80. The van der Waals surface area contributed by atoms with Gasteiger partial charge in [-0.3, -0.25) is 4.79 Å². The molecule has 13 heteroatoms. The lowest BCUT2D eigenvalue weighted by Gasteiger charge is -2.31. The largest absolute Gasteiger partial charge is 0.494 e. The lowest BCUT2D eigenvalue weighted by molar-refractivity contribution is -0.253. The van der Waals surface area contributed by atoms with Crippen molar-refractivity contribution in [2.24, 2.45) is 5.41 Å². The quantitative estimate of drug-likeness (QED) is 0.0605. The molecule has 1 aromatic rings. The van der Waals surface area contributed by atoms with Gasteiger partial charge in [0.25, 0.3) is 0 Å². The van der Waals surface area contributed by atoms with E-state index >= 15 is 0 Å². The molecule has 1 aliphatic rings. The molecule has 0 bridgehead atoms. The number of amides is 1. The molecule has 0 aliphatic heterocycles. The fourth-order valence-electron chi connectivity index (χ4n) is 4.44. The summed E-state index contributed by atoms with van der Waals surface area (Å²) in [4.78, 5) is 24.7. The van der Waals surface area contributed by atoms with Crippen molar-refractivity contribution in [2.75, 3.05) is 19.8 Å². The predicted octanol–water partition coefficient (Wildman–Crippen LogP) is 7.92. The fourth-order valence-corrected chi connectivity index (χ4v) is 4.44. The standard InChI is InChI=1S/C32H45F6NO6/c1-5-29(2,3)28(41)39-24-10-14-26(15-11-24)45-27(40)16-9-23-7-12-25(13-8-23)42-20-6-17-30(4,43-21-18-31(33,34)35)44-22-19-32(36,37)38/h7-9,12-13,16,24,26H,5-6,10-11,14-15,17-22H2,1-4H3,(H,39,41)/b16-9+/t24-,26-. The Balaban J connectivity index is 1.75. The number of benzene rings is 1. The third-order valence-electron chi connectivity index (χ3n) is 7.71. The molecule has 0 aromatic heterocycles. The van der Waals surface area contributed by atoms with Crippen molar-refractivity contribution < 1.29 is 54.9 Å². The first-order valence-electron chi connectivity index (χ1n) is 15.2. The molecule has 1 saturated carbocycles. The molecule has 45 heavy (non-hydrogen) atoms. The number of nitrogens with one attached hydrogen (secondary N) is 1. The van der Waals surface area contributed by atoms with Gasteiger partial charge in [-0.1, -0.05) is 32.9 Å². The van der Waals surface area contributed by atoms with Gasteiger partial charge in [-0.25, -0.2) is 4.79 Å². The second-order valence-corrected chi connectivity index (χ2v) is 12.0. The van der Waals surface area contributed by atoms with Gasteiger partial charge in [0.1, 0.15) is 11.9 Å². The van der Waals surface area contributed by atoms with Gasteiger partial charge in [-0.05, 0) is 69.2 Å². The van der Waals surface area contributed by atoms with Crippen molar-refractivity contribution in [1.29, 1.82) is 0 Å². The summed E-state index contributed by atoms with van der Waals surface area (Å²) >= 11 is 0. The first kappa shape index (κ1) is 38.4. The van der Waals surface area contributed by atoms with E-state index in [4.69, 9.17) is 18.9 Å². The number of halogens is 6. The minimum Gasteiger partial charge on any atom is -0.494 e. The van der Waals surface area contributed by atoms with Crippen LogP contribution in [-0.2, 0) is 23.8 Å². The van der Waals surface area contributed by atoms with Crippen molar-refractivity contribution in [1.82, 2.24) is 5.32 Å². The molecule has 0 heterocycles. The first-order valence-corrected chi connectivity index (χ1v) is 15.2. The maximum Gasteiger partial charge on any atom is 0.391 e. The number of esters is 1. The molecule has 0 saturated heterocycles. The summed E-state index contributed by atoms with van der Waals surface area (Å²) < 4.78 is 96.6. The van der Waals surface area contributed by atoms with Crippen LogP contribution in [0.1, 0.15) is 91.0 Å². The highest BCUT2D eigenvalue weighted by Crippen LogP contribution is 2.28. The number of alkyl halides is 6. The molecule has 0 radical (unpaired) electrons. The summed E-state index contributed by atoms with van der Waals surface area (Å²) in [7, 11) is 0. The van der Waals surface area contributed by atoms with Crippen LogP contribution in [0.2, 0.25) is 0 Å². The number of hydrogen-bond donors (Lipinski definition) is 1. The normalized spacial score (nSPS) is 18.2. The van der Waals surface area contributed by atoms with Crippen LogP contribution in [0, 0.1) is 5.41 Å². The van der Waals surface area contributed by atoms with Crippen molar-refractivity contribution in [2.45, 2.75) is 116 Å². The second-order valence-electron chi connectivity index (χ2n) is 12.0. The third kappa shape index (κ3) is 15.9. The minimum absolute atomic E-state index is 0.0129. The molecular weight excluding hydrogens is 608 g/mol. The van der Waals surface area contributed by atoms with Crippen LogP contribution in [0.5, 0.6) is 5.75 Å². The molecule has 0 spiro atoms. The van der Waals surface area contributed by atoms with E-state index in [-0.39, 0.29) is 37.5 Å². The van der Waals surface area contributed by atoms with E-state index in [1.807, 2.05) is 20.8 Å². The summed E-state index contributed by atoms with van der Waals surface area (Å²) in [5.74, 6) is -1.58. The van der Waals surface area contributed by atoms with Crippen molar-refractivity contribution in [3.05, 3.63) is 35.9 Å². The third-order valence-corrected chi connectivity index (χ3v) is 7.71. The summed E-state index contributed by atoms with van der Waals surface area (Å²) in [5.41, 5.74) is 0.300. The molecule has 0 unspecified atom stereocenters. The Morgan fingerprint density at radius 2 is 1.40 bits per heavy atom. The molecule has 1 aromatic carbocycles. The van der Waals surface area contributed by atoms with E-state index in [1.54, 1.807) is 30.3 Å². The fraction of sp³-hybridized carbons (Fsp3) is 0.688. The van der Waals surface area contributed by atoms with Gasteiger partial charge in [-0.2, -0.15) is 26.3 Å². The van der Waals surface area contributed by atoms with Crippen molar-refractivity contribution in [3.63, 3.8) is 0 Å². The highest BCUT2D eigenvalue weighted by atomic mass is 19.4. The molecule has 1 fully saturated rings. The molecule has 1 N–H and O–H groups in total. The Bertz CT molecular complexity index is 1060. The van der Waals surface area contributed by atoms with Gasteiger partial charge in [0, 0.05) is 24.0 Å². The molecule has 1 aliphatic carbocycles. The van der Waals surface area contributed by atoms with Crippen LogP contribution in [0.25, 0.3) is 6.08 Å². The van der Waals surface area contributed by atoms with Crippen LogP contribution >= 0.6 is 0 Å². The average Bonchev–Trinajstić information content (AvgIpc) is 2.94. The maximum absolute atomic E-state index is 12.5. The number of rotatable bonds is 17. The number of hydrogen-bond acceptors (Lipinski definition) is 6. The SMILES string of the molecule is CCC(C)(C)C(=O)N[C@H]1CC[C@H](OC(=O)/C=C/c2ccc(OCCCC(C)(OCCC(F)(F)F)OCCC(F)(F)F)cc2)CC1. The zero-order valence-corrected chi connectivity index (χ0v) is 26.3.